The van der Waals surface area contributed by atoms with Crippen molar-refractivity contribution in [2.75, 3.05) is 0 Å². The van der Waals surface area contributed by atoms with Gasteiger partial charge in [0.05, 0.1) is 0 Å². The van der Waals surface area contributed by atoms with Gasteiger partial charge in [0.2, 0.25) is 0 Å². The summed E-state index contributed by atoms with van der Waals surface area (Å²) in [5.74, 6) is 0. The van der Waals surface area contributed by atoms with Gasteiger partial charge < -0.3 is 0 Å². The van der Waals surface area contributed by atoms with Crippen LogP contribution in [0.2, 0.25) is 0 Å². The highest BCUT2D eigenvalue weighted by Crippen LogP contribution is 2.39. The van der Waals surface area contributed by atoms with Crippen LogP contribution in [0.1, 0.15) is 0 Å². The van der Waals surface area contributed by atoms with Gasteiger partial charge in [0.25, 0.3) is 0 Å². The Bertz CT molecular complexity index is 940. The predicted molar refractivity (Wildman–Crippen MR) is 97.6 cm³/mol. The maximum atomic E-state index is 3.61. The van der Waals surface area contributed by atoms with E-state index >= 15 is 0 Å². The number of rotatable bonds is 2. The molecule has 21 heavy (non-hydrogen) atoms. The van der Waals surface area contributed by atoms with Crippen LogP contribution < -0.4 is 0 Å². The fraction of sp³-hybridized carbons (Fsp3) is 0. The molecule has 1 heterocycles. The smallest absolute Gasteiger partial charge is 0.0366 e. The van der Waals surface area contributed by atoms with Crippen LogP contribution >= 0.6 is 39.0 Å². The van der Waals surface area contributed by atoms with E-state index in [0.29, 0.717) is 0 Å². The third-order valence-corrected chi connectivity index (χ3v) is 6.57. The first kappa shape index (κ1) is 13.4. The van der Waals surface area contributed by atoms with Crippen LogP contribution in [-0.4, -0.2) is 0 Å². The summed E-state index contributed by atoms with van der Waals surface area (Å²) in [7, 11) is 0. The Morgan fingerprint density at radius 2 is 1.52 bits per heavy atom. The summed E-state index contributed by atoms with van der Waals surface area (Å²) < 4.78 is 3.86. The third kappa shape index (κ3) is 2.50. The van der Waals surface area contributed by atoms with E-state index in [2.05, 4.69) is 76.6 Å². The standard InChI is InChI=1S/C18H11BrS2/c19-15-6-2-4-8-17(15)20-12-9-10-14-13-5-1-3-7-16(13)21-18(14)11-12/h1-11H. The first-order valence-electron chi connectivity index (χ1n) is 6.65. The van der Waals surface area contributed by atoms with Crippen molar-refractivity contribution >= 4 is 59.2 Å². The molecule has 0 aliphatic rings. The summed E-state index contributed by atoms with van der Waals surface area (Å²) >= 11 is 7.28. The van der Waals surface area contributed by atoms with Crippen molar-refractivity contribution in [1.29, 1.82) is 0 Å². The molecule has 4 rings (SSSR count). The maximum Gasteiger partial charge on any atom is 0.0366 e. The molecule has 0 bridgehead atoms. The molecule has 102 valence electrons. The van der Waals surface area contributed by atoms with Gasteiger partial charge in [-0.05, 0) is 46.3 Å². The second kappa shape index (κ2) is 5.48. The SMILES string of the molecule is Brc1ccccc1Sc1ccc2c(c1)sc1ccccc12. The Labute approximate surface area is 139 Å². The van der Waals surface area contributed by atoms with Crippen molar-refractivity contribution in [3.8, 4) is 0 Å². The number of thiophene rings is 1. The van der Waals surface area contributed by atoms with Crippen molar-refractivity contribution < 1.29 is 0 Å². The number of fused-ring (bicyclic) bond motifs is 3. The Balaban J connectivity index is 1.80. The summed E-state index contributed by atoms with van der Waals surface area (Å²) in [5, 5.41) is 2.71. The van der Waals surface area contributed by atoms with Crippen LogP contribution in [0.5, 0.6) is 0 Å². The predicted octanol–water partition coefficient (Wildman–Crippen LogP) is 6.97. The van der Waals surface area contributed by atoms with Crippen LogP contribution in [0.25, 0.3) is 20.2 Å². The lowest BCUT2D eigenvalue weighted by molar-refractivity contribution is 1.38. The zero-order chi connectivity index (χ0) is 14.2. The molecule has 0 aliphatic heterocycles. The normalized spacial score (nSPS) is 11.3. The molecular formula is C18H11BrS2. The third-order valence-electron chi connectivity index (χ3n) is 3.41. The van der Waals surface area contributed by atoms with Gasteiger partial charge in [-0.15, -0.1) is 11.3 Å². The molecule has 3 aromatic carbocycles. The molecule has 0 saturated heterocycles. The Morgan fingerprint density at radius 1 is 0.762 bits per heavy atom. The topological polar surface area (TPSA) is 0 Å². The summed E-state index contributed by atoms with van der Waals surface area (Å²) in [6.07, 6.45) is 0. The van der Waals surface area contributed by atoms with Gasteiger partial charge in [-0.3, -0.25) is 0 Å². The first-order valence-corrected chi connectivity index (χ1v) is 9.07. The van der Waals surface area contributed by atoms with Crippen molar-refractivity contribution in [2.24, 2.45) is 0 Å². The first-order chi connectivity index (χ1) is 10.3. The molecule has 0 nitrogen and oxygen atoms in total. The highest BCUT2D eigenvalue weighted by molar-refractivity contribution is 9.10. The molecule has 1 aromatic heterocycles. The van der Waals surface area contributed by atoms with E-state index < -0.39 is 0 Å². The lowest BCUT2D eigenvalue weighted by Crippen LogP contribution is -1.75. The van der Waals surface area contributed by atoms with Crippen LogP contribution in [0.15, 0.2) is 81.0 Å². The van der Waals surface area contributed by atoms with E-state index in [1.165, 1.54) is 30.0 Å². The number of benzene rings is 3. The molecule has 4 aromatic rings. The highest BCUT2D eigenvalue weighted by Gasteiger charge is 2.07. The molecule has 0 unspecified atom stereocenters. The van der Waals surface area contributed by atoms with E-state index in [-0.39, 0.29) is 0 Å². The minimum Gasteiger partial charge on any atom is -0.135 e. The van der Waals surface area contributed by atoms with E-state index in [0.717, 1.165) is 4.47 Å². The average molecular weight is 371 g/mol. The molecule has 0 atom stereocenters. The van der Waals surface area contributed by atoms with Gasteiger partial charge in [0.15, 0.2) is 0 Å². The molecule has 0 radical (unpaired) electrons. The lowest BCUT2D eigenvalue weighted by Gasteiger charge is -2.04. The second-order valence-electron chi connectivity index (χ2n) is 4.79. The van der Waals surface area contributed by atoms with Gasteiger partial charge >= 0.3 is 0 Å². The van der Waals surface area contributed by atoms with Gasteiger partial charge in [-0.2, -0.15) is 0 Å². The van der Waals surface area contributed by atoms with Crippen LogP contribution in [0, 0.1) is 0 Å². The van der Waals surface area contributed by atoms with Crippen LogP contribution in [-0.2, 0) is 0 Å². The van der Waals surface area contributed by atoms with E-state index in [4.69, 9.17) is 0 Å². The summed E-state index contributed by atoms with van der Waals surface area (Å²) in [5.41, 5.74) is 0. The number of halogens is 1. The second-order valence-corrected chi connectivity index (χ2v) is 7.84. The van der Waals surface area contributed by atoms with Crippen molar-refractivity contribution in [2.45, 2.75) is 9.79 Å². The number of hydrogen-bond donors (Lipinski definition) is 0. The summed E-state index contributed by atoms with van der Waals surface area (Å²) in [6.45, 7) is 0. The van der Waals surface area contributed by atoms with Gasteiger partial charge in [-0.1, -0.05) is 48.2 Å². The molecule has 0 spiro atoms. The van der Waals surface area contributed by atoms with E-state index in [9.17, 15) is 0 Å². The maximum absolute atomic E-state index is 3.61. The molecule has 0 saturated carbocycles. The number of hydrogen-bond acceptors (Lipinski definition) is 2. The highest BCUT2D eigenvalue weighted by atomic mass is 79.9. The van der Waals surface area contributed by atoms with Crippen molar-refractivity contribution in [3.63, 3.8) is 0 Å². The molecule has 0 N–H and O–H groups in total. The fourth-order valence-electron chi connectivity index (χ4n) is 2.42. The lowest BCUT2D eigenvalue weighted by atomic mass is 10.2. The Kier molecular flexibility index (Phi) is 3.49. The zero-order valence-electron chi connectivity index (χ0n) is 11.0. The molecule has 0 aliphatic carbocycles. The summed E-state index contributed by atoms with van der Waals surface area (Å²) in [6, 6.07) is 23.7. The van der Waals surface area contributed by atoms with E-state index in [1.54, 1.807) is 11.8 Å². The van der Waals surface area contributed by atoms with Gasteiger partial charge in [0, 0.05) is 34.4 Å². The minimum atomic E-state index is 1.14. The molecule has 0 fully saturated rings. The quantitative estimate of drug-likeness (QED) is 0.367. The largest absolute Gasteiger partial charge is 0.135 e. The fourth-order valence-corrected chi connectivity index (χ4v) is 5.05. The van der Waals surface area contributed by atoms with Crippen molar-refractivity contribution in [1.82, 2.24) is 0 Å². The monoisotopic (exact) mass is 370 g/mol. The molecular weight excluding hydrogens is 360 g/mol. The van der Waals surface area contributed by atoms with Gasteiger partial charge in [0.1, 0.15) is 0 Å². The van der Waals surface area contributed by atoms with Crippen LogP contribution in [0.4, 0.5) is 0 Å². The average Bonchev–Trinajstić information content (AvgIpc) is 2.87. The minimum absolute atomic E-state index is 1.14. The van der Waals surface area contributed by atoms with Gasteiger partial charge in [-0.25, -0.2) is 0 Å². The summed E-state index contributed by atoms with van der Waals surface area (Å²) in [4.78, 5) is 2.53. The Morgan fingerprint density at radius 3 is 2.43 bits per heavy atom. The van der Waals surface area contributed by atoms with Crippen LogP contribution in [0.3, 0.4) is 0 Å². The van der Waals surface area contributed by atoms with Crippen molar-refractivity contribution in [3.05, 3.63) is 71.2 Å². The molecule has 0 amide bonds. The Hall–Kier alpha value is -1.29. The zero-order valence-corrected chi connectivity index (χ0v) is 14.3. The van der Waals surface area contributed by atoms with E-state index in [1.807, 2.05) is 17.4 Å². The molecule has 3 heteroatoms.